The zero-order valence-electron chi connectivity index (χ0n) is 16.0. The molecule has 0 radical (unpaired) electrons. The third-order valence-corrected chi connectivity index (χ3v) is 8.13. The lowest BCUT2D eigenvalue weighted by Gasteiger charge is -2.31. The van der Waals surface area contributed by atoms with E-state index in [2.05, 4.69) is 5.32 Å². The van der Waals surface area contributed by atoms with Crippen LogP contribution < -0.4 is 5.32 Å². The van der Waals surface area contributed by atoms with Gasteiger partial charge in [-0.05, 0) is 50.5 Å². The van der Waals surface area contributed by atoms with Crippen molar-refractivity contribution in [1.82, 2.24) is 4.31 Å². The van der Waals surface area contributed by atoms with Crippen molar-refractivity contribution < 1.29 is 13.2 Å². The highest BCUT2D eigenvalue weighted by molar-refractivity contribution is 7.89. The maximum absolute atomic E-state index is 13.0. The van der Waals surface area contributed by atoms with E-state index in [0.29, 0.717) is 38.5 Å². The zero-order chi connectivity index (χ0) is 21.3. The van der Waals surface area contributed by atoms with Gasteiger partial charge in [-0.1, -0.05) is 52.5 Å². The fourth-order valence-corrected chi connectivity index (χ4v) is 5.71. The minimum atomic E-state index is -3.59. The van der Waals surface area contributed by atoms with Crippen LogP contribution in [0.25, 0.3) is 0 Å². The van der Waals surface area contributed by atoms with E-state index >= 15 is 0 Å². The standard InChI is InChI=1S/C20H21Cl3N2O3S/c1-12-3-4-19(13(2)9-12)29(27,28)25-7-5-14(6-8-25)20(26)24-18-11-16(22)15(21)10-17(18)23/h3-4,9-11,14H,5-8H2,1-2H3,(H,24,26). The van der Waals surface area contributed by atoms with Crippen LogP contribution in [0.15, 0.2) is 35.2 Å². The van der Waals surface area contributed by atoms with Crippen molar-refractivity contribution in [2.75, 3.05) is 18.4 Å². The smallest absolute Gasteiger partial charge is 0.243 e. The molecule has 2 aromatic rings. The Kier molecular flexibility index (Phi) is 6.81. The van der Waals surface area contributed by atoms with Crippen LogP contribution in [0.3, 0.4) is 0 Å². The Bertz CT molecular complexity index is 1050. The number of anilines is 1. The van der Waals surface area contributed by atoms with Gasteiger partial charge in [0.2, 0.25) is 15.9 Å². The van der Waals surface area contributed by atoms with Crippen molar-refractivity contribution in [2.45, 2.75) is 31.6 Å². The molecule has 1 N–H and O–H groups in total. The maximum Gasteiger partial charge on any atom is 0.243 e. The van der Waals surface area contributed by atoms with Crippen LogP contribution in [0.5, 0.6) is 0 Å². The van der Waals surface area contributed by atoms with Crippen LogP contribution in [0.1, 0.15) is 24.0 Å². The van der Waals surface area contributed by atoms with E-state index in [-0.39, 0.29) is 24.9 Å². The van der Waals surface area contributed by atoms with Gasteiger partial charge in [-0.2, -0.15) is 4.31 Å². The van der Waals surface area contributed by atoms with Gasteiger partial charge in [0.05, 0.1) is 25.7 Å². The topological polar surface area (TPSA) is 66.5 Å². The van der Waals surface area contributed by atoms with Gasteiger partial charge in [-0.25, -0.2) is 8.42 Å². The molecule has 0 saturated carbocycles. The zero-order valence-corrected chi connectivity index (χ0v) is 19.1. The maximum atomic E-state index is 13.0. The fourth-order valence-electron chi connectivity index (χ4n) is 3.44. The normalized spacial score (nSPS) is 16.0. The third kappa shape index (κ3) is 4.89. The average molecular weight is 476 g/mol. The molecule has 1 fully saturated rings. The Hall–Kier alpha value is -1.31. The van der Waals surface area contributed by atoms with Crippen molar-refractivity contribution in [1.29, 1.82) is 0 Å². The molecule has 1 heterocycles. The molecular formula is C20H21Cl3N2O3S. The minimum absolute atomic E-state index is 0.214. The summed E-state index contributed by atoms with van der Waals surface area (Å²) in [6, 6.07) is 8.27. The predicted molar refractivity (Wildman–Crippen MR) is 118 cm³/mol. The summed E-state index contributed by atoms with van der Waals surface area (Å²) < 4.78 is 27.4. The van der Waals surface area contributed by atoms with Gasteiger partial charge in [0.1, 0.15) is 0 Å². The van der Waals surface area contributed by atoms with Crippen LogP contribution in [0, 0.1) is 19.8 Å². The number of halogens is 3. The Balaban J connectivity index is 1.67. The van der Waals surface area contributed by atoms with Gasteiger partial charge in [0, 0.05) is 19.0 Å². The summed E-state index contributed by atoms with van der Waals surface area (Å²) in [7, 11) is -3.59. The van der Waals surface area contributed by atoms with Gasteiger partial charge in [0.25, 0.3) is 0 Å². The fraction of sp³-hybridized carbons (Fsp3) is 0.350. The van der Waals surface area contributed by atoms with Crippen molar-refractivity contribution >= 4 is 56.4 Å². The van der Waals surface area contributed by atoms with Crippen LogP contribution >= 0.6 is 34.8 Å². The Morgan fingerprint density at radius 3 is 2.24 bits per heavy atom. The van der Waals surface area contributed by atoms with E-state index in [1.165, 1.54) is 16.4 Å². The van der Waals surface area contributed by atoms with Gasteiger partial charge in [0.15, 0.2) is 0 Å². The molecule has 5 nitrogen and oxygen atoms in total. The van der Waals surface area contributed by atoms with Crippen molar-refractivity contribution in [3.8, 4) is 0 Å². The molecule has 1 amide bonds. The summed E-state index contributed by atoms with van der Waals surface area (Å²) in [5.41, 5.74) is 2.12. The number of benzene rings is 2. The number of aryl methyl sites for hydroxylation is 2. The lowest BCUT2D eigenvalue weighted by Crippen LogP contribution is -2.41. The van der Waals surface area contributed by atoms with Gasteiger partial charge in [-0.3, -0.25) is 4.79 Å². The van der Waals surface area contributed by atoms with Crippen molar-refractivity contribution in [3.05, 3.63) is 56.5 Å². The first-order valence-corrected chi connectivity index (χ1v) is 11.7. The van der Waals surface area contributed by atoms with Crippen molar-refractivity contribution in [3.63, 3.8) is 0 Å². The minimum Gasteiger partial charge on any atom is -0.324 e. The monoisotopic (exact) mass is 474 g/mol. The molecule has 1 saturated heterocycles. The van der Waals surface area contributed by atoms with E-state index in [0.717, 1.165) is 11.1 Å². The highest BCUT2D eigenvalue weighted by atomic mass is 35.5. The molecule has 0 bridgehead atoms. The molecule has 9 heteroatoms. The number of nitrogens with zero attached hydrogens (tertiary/aromatic N) is 1. The third-order valence-electron chi connectivity index (χ3n) is 5.04. The molecule has 1 aliphatic rings. The molecule has 2 aromatic carbocycles. The summed E-state index contributed by atoms with van der Waals surface area (Å²) in [6.45, 7) is 4.28. The number of hydrogen-bond acceptors (Lipinski definition) is 3. The largest absolute Gasteiger partial charge is 0.324 e. The van der Waals surface area contributed by atoms with Crippen LogP contribution in [-0.4, -0.2) is 31.7 Å². The second-order valence-corrected chi connectivity index (χ2v) is 10.3. The van der Waals surface area contributed by atoms with Crippen molar-refractivity contribution in [2.24, 2.45) is 5.92 Å². The SMILES string of the molecule is Cc1ccc(S(=O)(=O)N2CCC(C(=O)Nc3cc(Cl)c(Cl)cc3Cl)CC2)c(C)c1. The van der Waals surface area contributed by atoms with Crippen LogP contribution in [-0.2, 0) is 14.8 Å². The molecule has 1 aliphatic heterocycles. The molecule has 156 valence electrons. The molecular weight excluding hydrogens is 455 g/mol. The first kappa shape index (κ1) is 22.4. The highest BCUT2D eigenvalue weighted by Gasteiger charge is 2.33. The number of carbonyl (C=O) groups excluding carboxylic acids is 1. The summed E-state index contributed by atoms with van der Waals surface area (Å²) >= 11 is 18.0. The van der Waals surface area contributed by atoms with E-state index in [9.17, 15) is 13.2 Å². The molecule has 0 aliphatic carbocycles. The van der Waals surface area contributed by atoms with Gasteiger partial charge in [-0.15, -0.1) is 0 Å². The molecule has 0 aromatic heterocycles. The Morgan fingerprint density at radius 2 is 1.62 bits per heavy atom. The number of piperidine rings is 1. The quantitative estimate of drug-likeness (QED) is 0.610. The van der Waals surface area contributed by atoms with E-state index in [1.807, 2.05) is 13.0 Å². The number of nitrogens with one attached hydrogen (secondary N) is 1. The number of hydrogen-bond donors (Lipinski definition) is 1. The predicted octanol–water partition coefficient (Wildman–Crippen LogP) is 5.30. The summed E-state index contributed by atoms with van der Waals surface area (Å²) in [6.07, 6.45) is 0.851. The first-order valence-electron chi connectivity index (χ1n) is 9.12. The summed E-state index contributed by atoms with van der Waals surface area (Å²) in [5, 5.41) is 3.66. The number of rotatable bonds is 4. The summed E-state index contributed by atoms with van der Waals surface area (Å²) in [4.78, 5) is 12.9. The highest BCUT2D eigenvalue weighted by Crippen LogP contribution is 2.33. The molecule has 29 heavy (non-hydrogen) atoms. The average Bonchev–Trinajstić information content (AvgIpc) is 2.66. The molecule has 3 rings (SSSR count). The Labute approximate surface area is 186 Å². The molecule has 0 atom stereocenters. The van der Waals surface area contributed by atoms with E-state index < -0.39 is 10.0 Å². The molecule has 0 unspecified atom stereocenters. The second kappa shape index (κ2) is 8.82. The second-order valence-electron chi connectivity index (χ2n) is 7.18. The summed E-state index contributed by atoms with van der Waals surface area (Å²) in [5.74, 6) is -0.528. The van der Waals surface area contributed by atoms with E-state index in [4.69, 9.17) is 34.8 Å². The first-order chi connectivity index (χ1) is 13.6. The molecule has 0 spiro atoms. The van der Waals surface area contributed by atoms with Crippen LogP contribution in [0.2, 0.25) is 15.1 Å². The van der Waals surface area contributed by atoms with Crippen LogP contribution in [0.4, 0.5) is 5.69 Å². The Morgan fingerprint density at radius 1 is 1.00 bits per heavy atom. The number of carbonyl (C=O) groups is 1. The number of amides is 1. The lowest BCUT2D eigenvalue weighted by molar-refractivity contribution is -0.120. The van der Waals surface area contributed by atoms with Gasteiger partial charge < -0.3 is 5.32 Å². The van der Waals surface area contributed by atoms with E-state index in [1.54, 1.807) is 19.1 Å². The van der Waals surface area contributed by atoms with Gasteiger partial charge >= 0.3 is 0 Å². The number of sulfonamides is 1. The lowest BCUT2D eigenvalue weighted by atomic mass is 9.97.